The van der Waals surface area contributed by atoms with E-state index in [0.29, 0.717) is 18.2 Å². The molecule has 80 valence electrons. The Morgan fingerprint density at radius 2 is 2.25 bits per heavy atom. The van der Waals surface area contributed by atoms with Crippen LogP contribution in [-0.4, -0.2) is 11.6 Å². The third-order valence-corrected chi connectivity index (χ3v) is 2.63. The van der Waals surface area contributed by atoms with Crippen molar-refractivity contribution in [3.05, 3.63) is 11.1 Å². The minimum Gasteiger partial charge on any atom is -0.457 e. The van der Waals surface area contributed by atoms with E-state index in [4.69, 9.17) is 15.3 Å². The van der Waals surface area contributed by atoms with Crippen LogP contribution in [0.2, 0.25) is 0 Å². The van der Waals surface area contributed by atoms with Gasteiger partial charge in [0.05, 0.1) is 12.1 Å². The highest BCUT2D eigenvalue weighted by atomic mass is 32.1. The van der Waals surface area contributed by atoms with Gasteiger partial charge in [0.1, 0.15) is 5.92 Å². The van der Waals surface area contributed by atoms with E-state index in [-0.39, 0.29) is 0 Å². The Labute approximate surface area is 98.1 Å². The fraction of sp³-hybridized carbons (Fsp3) is 0.364. The van der Waals surface area contributed by atoms with Crippen molar-refractivity contribution in [2.24, 2.45) is 5.92 Å². The number of nitriles is 2. The molecule has 0 aliphatic heterocycles. The highest BCUT2D eigenvalue weighted by Crippen LogP contribution is 2.22. The van der Waals surface area contributed by atoms with Crippen LogP contribution >= 0.6 is 11.3 Å². The largest absolute Gasteiger partial charge is 0.457 e. The van der Waals surface area contributed by atoms with Crippen molar-refractivity contribution in [1.29, 1.82) is 10.5 Å². The highest BCUT2D eigenvalue weighted by Gasteiger charge is 2.10. The number of hydrogen-bond acceptors (Lipinski definition) is 5. The summed E-state index contributed by atoms with van der Waals surface area (Å²) in [5.74, 6) is 4.85. The Balaban J connectivity index is 2.54. The molecule has 0 N–H and O–H groups in total. The van der Waals surface area contributed by atoms with Gasteiger partial charge in [0, 0.05) is 17.5 Å². The summed E-state index contributed by atoms with van der Waals surface area (Å²) in [7, 11) is 0. The van der Waals surface area contributed by atoms with Crippen LogP contribution in [0.1, 0.15) is 11.8 Å². The van der Waals surface area contributed by atoms with Crippen LogP contribution in [-0.2, 0) is 6.42 Å². The second-order valence-corrected chi connectivity index (χ2v) is 3.90. The summed E-state index contributed by atoms with van der Waals surface area (Å²) in [5, 5.41) is 17.8. The maximum atomic E-state index is 8.63. The molecular weight excluding hydrogens is 222 g/mol. The molecule has 0 bridgehead atoms. The molecule has 0 radical (unpaired) electrons. The molecule has 0 unspecified atom stereocenters. The van der Waals surface area contributed by atoms with Crippen molar-refractivity contribution in [2.45, 2.75) is 13.3 Å². The minimum atomic E-state index is -0.622. The topological polar surface area (TPSA) is 69.7 Å². The zero-order chi connectivity index (χ0) is 11.8. The lowest BCUT2D eigenvalue weighted by molar-refractivity contribution is 0.368. The average molecular weight is 231 g/mol. The first kappa shape index (κ1) is 12.0. The van der Waals surface area contributed by atoms with Gasteiger partial charge in [-0.3, -0.25) is 0 Å². The molecule has 1 aromatic heterocycles. The molecule has 4 nitrogen and oxygen atoms in total. The first-order valence-corrected chi connectivity index (χ1v) is 5.38. The van der Waals surface area contributed by atoms with Gasteiger partial charge >= 0.3 is 0 Å². The van der Waals surface area contributed by atoms with E-state index in [2.05, 4.69) is 16.8 Å². The molecule has 0 aliphatic rings. The lowest BCUT2D eigenvalue weighted by atomic mass is 10.1. The number of rotatable bonds is 4. The van der Waals surface area contributed by atoms with Crippen LogP contribution in [0.15, 0.2) is 6.20 Å². The van der Waals surface area contributed by atoms with Gasteiger partial charge < -0.3 is 4.74 Å². The van der Waals surface area contributed by atoms with E-state index >= 15 is 0 Å². The Bertz CT molecular complexity index is 470. The highest BCUT2D eigenvalue weighted by molar-refractivity contribution is 7.13. The zero-order valence-corrected chi connectivity index (χ0v) is 9.54. The number of aromatic nitrogens is 1. The summed E-state index contributed by atoms with van der Waals surface area (Å²) in [6, 6.07) is 3.83. The summed E-state index contributed by atoms with van der Waals surface area (Å²) in [5.41, 5.74) is 0. The maximum Gasteiger partial charge on any atom is 0.274 e. The van der Waals surface area contributed by atoms with Crippen molar-refractivity contribution in [3.8, 4) is 29.2 Å². The summed E-state index contributed by atoms with van der Waals surface area (Å²) in [4.78, 5) is 4.89. The number of hydrogen-bond donors (Lipinski definition) is 0. The average Bonchev–Trinajstić information content (AvgIpc) is 2.74. The van der Waals surface area contributed by atoms with Crippen LogP contribution in [0.4, 0.5) is 0 Å². The quantitative estimate of drug-likeness (QED) is 0.740. The van der Waals surface area contributed by atoms with Crippen molar-refractivity contribution in [2.75, 3.05) is 6.61 Å². The molecular formula is C11H9N3OS. The third kappa shape index (κ3) is 3.61. The Kier molecular flexibility index (Phi) is 4.86. The maximum absolute atomic E-state index is 8.63. The van der Waals surface area contributed by atoms with E-state index in [0.717, 1.165) is 4.88 Å². The van der Waals surface area contributed by atoms with Crippen molar-refractivity contribution in [1.82, 2.24) is 4.98 Å². The summed E-state index contributed by atoms with van der Waals surface area (Å²) < 4.78 is 5.24. The molecule has 16 heavy (non-hydrogen) atoms. The SMILES string of the molecule is CC#CCOc1ncc(CC(C#N)C#N)s1. The number of thiazole rings is 1. The third-order valence-electron chi connectivity index (χ3n) is 1.69. The van der Waals surface area contributed by atoms with Crippen molar-refractivity contribution >= 4 is 11.3 Å². The molecule has 1 rings (SSSR count). The normalized spacial score (nSPS) is 8.75. The molecule has 0 fully saturated rings. The molecule has 0 saturated heterocycles. The molecule has 0 atom stereocenters. The summed E-state index contributed by atoms with van der Waals surface area (Å²) in [6.45, 7) is 2.05. The van der Waals surface area contributed by atoms with Gasteiger partial charge in [0.15, 0.2) is 6.61 Å². The second kappa shape index (κ2) is 6.45. The number of nitrogens with zero attached hydrogens (tertiary/aromatic N) is 3. The molecule has 0 spiro atoms. The summed E-state index contributed by atoms with van der Waals surface area (Å²) >= 11 is 1.34. The summed E-state index contributed by atoms with van der Waals surface area (Å²) in [6.07, 6.45) is 2.02. The van der Waals surface area contributed by atoms with Gasteiger partial charge in [0.2, 0.25) is 0 Å². The van der Waals surface area contributed by atoms with Crippen molar-refractivity contribution < 1.29 is 4.74 Å². The predicted molar refractivity (Wildman–Crippen MR) is 59.5 cm³/mol. The smallest absolute Gasteiger partial charge is 0.274 e. The van der Waals surface area contributed by atoms with E-state index in [1.165, 1.54) is 11.3 Å². The molecule has 0 aromatic carbocycles. The Hall–Kier alpha value is -2.03. The zero-order valence-electron chi connectivity index (χ0n) is 8.73. The van der Waals surface area contributed by atoms with E-state index in [9.17, 15) is 0 Å². The van der Waals surface area contributed by atoms with Gasteiger partial charge in [0.25, 0.3) is 5.19 Å². The Morgan fingerprint density at radius 1 is 1.50 bits per heavy atom. The van der Waals surface area contributed by atoms with E-state index in [1.807, 2.05) is 12.1 Å². The van der Waals surface area contributed by atoms with Crippen LogP contribution in [0.3, 0.4) is 0 Å². The van der Waals surface area contributed by atoms with Gasteiger partial charge in [-0.1, -0.05) is 17.3 Å². The monoisotopic (exact) mass is 231 g/mol. The van der Waals surface area contributed by atoms with Crippen LogP contribution in [0.5, 0.6) is 5.19 Å². The molecule has 1 heterocycles. The van der Waals surface area contributed by atoms with Crippen molar-refractivity contribution in [3.63, 3.8) is 0 Å². The van der Waals surface area contributed by atoms with Crippen LogP contribution < -0.4 is 4.74 Å². The lowest BCUT2D eigenvalue weighted by Gasteiger charge is -1.95. The van der Waals surface area contributed by atoms with Gasteiger partial charge in [-0.25, -0.2) is 4.98 Å². The second-order valence-electron chi connectivity index (χ2n) is 2.82. The van der Waals surface area contributed by atoms with Crippen LogP contribution in [0, 0.1) is 40.4 Å². The van der Waals surface area contributed by atoms with Gasteiger partial charge in [-0.15, -0.1) is 5.92 Å². The van der Waals surface area contributed by atoms with Crippen LogP contribution in [0.25, 0.3) is 0 Å². The van der Waals surface area contributed by atoms with Gasteiger partial charge in [-0.05, 0) is 6.92 Å². The lowest BCUT2D eigenvalue weighted by Crippen LogP contribution is -1.95. The van der Waals surface area contributed by atoms with E-state index in [1.54, 1.807) is 13.1 Å². The number of ether oxygens (including phenoxy) is 1. The predicted octanol–water partition coefficient (Wildman–Crippen LogP) is 1.75. The minimum absolute atomic E-state index is 0.309. The molecule has 0 saturated carbocycles. The first-order chi connectivity index (χ1) is 7.80. The molecule has 0 amide bonds. The fourth-order valence-corrected chi connectivity index (χ4v) is 1.74. The molecule has 0 aliphatic carbocycles. The molecule has 5 heteroatoms. The first-order valence-electron chi connectivity index (χ1n) is 4.56. The fourth-order valence-electron chi connectivity index (χ4n) is 0.942. The van der Waals surface area contributed by atoms with Gasteiger partial charge in [-0.2, -0.15) is 10.5 Å². The molecule has 1 aromatic rings. The van der Waals surface area contributed by atoms with E-state index < -0.39 is 5.92 Å². The Morgan fingerprint density at radius 3 is 2.88 bits per heavy atom. The standard InChI is InChI=1S/C11H9N3OS/c1-2-3-4-15-11-14-8-10(16-11)5-9(6-12)7-13/h8-9H,4-5H2,1H3.